The molecule has 2 nitrogen and oxygen atoms in total. The van der Waals surface area contributed by atoms with Gasteiger partial charge in [0, 0.05) is 0 Å². The van der Waals surface area contributed by atoms with Gasteiger partial charge in [0.2, 0.25) is 0 Å². The molecule has 0 radical (unpaired) electrons. The number of hydrogen-bond donors (Lipinski definition) is 0. The van der Waals surface area contributed by atoms with Gasteiger partial charge in [0.05, 0.1) is 0 Å². The van der Waals surface area contributed by atoms with Crippen LogP contribution in [0, 0.1) is 73.5 Å². The molecule has 0 heterocycles. The summed E-state index contributed by atoms with van der Waals surface area (Å²) < 4.78 is 16.5. The van der Waals surface area contributed by atoms with Gasteiger partial charge in [-0.3, -0.25) is 0 Å². The van der Waals surface area contributed by atoms with E-state index in [2.05, 4.69) is 0 Å². The van der Waals surface area contributed by atoms with Crippen LogP contribution in [0.25, 0.3) is 0 Å². The Morgan fingerprint density at radius 2 is 0.750 bits per heavy atom. The van der Waals surface area contributed by atoms with Gasteiger partial charge in [-0.15, -0.1) is 0 Å². The van der Waals surface area contributed by atoms with Crippen LogP contribution in [0.2, 0.25) is 0 Å². The van der Waals surface area contributed by atoms with Crippen molar-refractivity contribution in [3.8, 4) is 0 Å². The first kappa shape index (κ1) is 9.48. The van der Waals surface area contributed by atoms with Crippen molar-refractivity contribution in [1.82, 2.24) is 0 Å². The molecule has 0 aromatic heterocycles. The third-order valence-electron chi connectivity index (χ3n) is 0. The van der Waals surface area contributed by atoms with E-state index in [0.717, 1.165) is 73.5 Å². The fraction of sp³-hybridized carbons (Fsp3) is 0. The second-order valence-corrected chi connectivity index (χ2v) is 0. The summed E-state index contributed by atoms with van der Waals surface area (Å²) in [5.74, 6) is 0. The maximum absolute atomic E-state index is 8.25. The van der Waals surface area contributed by atoms with Crippen LogP contribution in [-0.2, 0) is 2.65 Å². The van der Waals surface area contributed by atoms with Gasteiger partial charge in [-0.2, -0.15) is 0 Å². The maximum atomic E-state index is 8.25. The van der Waals surface area contributed by atoms with Crippen LogP contribution < -0.4 is 0 Å². The normalized spacial score (nSPS) is 2.50. The van der Waals surface area contributed by atoms with Gasteiger partial charge in [-0.25, -0.2) is 0 Å². The van der Waals surface area contributed by atoms with Gasteiger partial charge in [-0.1, -0.05) is 0 Å². The fourth-order valence-corrected chi connectivity index (χ4v) is 0. The molecule has 0 fully saturated rings. The van der Waals surface area contributed by atoms with Crippen LogP contribution in [0.4, 0.5) is 0 Å². The monoisotopic (exact) mass is 350 g/mol. The minimum atomic E-state index is 0.750. The zero-order valence-electron chi connectivity index (χ0n) is 1.48. The third kappa shape index (κ3) is 8.90. The summed E-state index contributed by atoms with van der Waals surface area (Å²) in [4.78, 5) is 0. The molecule has 0 N–H and O–H groups in total. The summed E-state index contributed by atoms with van der Waals surface area (Å²) in [7, 11) is 0. The topological polar surface area (TPSA) is 34.1 Å². The quantitative estimate of drug-likeness (QED) is 0.605. The van der Waals surface area contributed by atoms with Crippen LogP contribution in [-0.4, -0.2) is 0 Å². The first-order valence-corrected chi connectivity index (χ1v) is 2.02. The Labute approximate surface area is 74.1 Å². The minimum absolute atomic E-state index is 0.750. The van der Waals surface area contributed by atoms with E-state index in [1.807, 2.05) is 0 Å². The average molecular weight is 350 g/mol. The van der Waals surface area contributed by atoms with E-state index in [-0.39, 0.29) is 0 Å². The SMILES string of the molecule is [O]=[Tb].[O]=[Tb]. The molecule has 0 aromatic carbocycles. The second-order valence-electron chi connectivity index (χ2n) is 0. The molecule has 0 aromatic rings. The average Bonchev–Trinajstić information content (AvgIpc) is 1.50. The molecule has 0 bridgehead atoms. The zero-order chi connectivity index (χ0) is 4.00. The van der Waals surface area contributed by atoms with Crippen molar-refractivity contribution < 1.29 is 76.1 Å². The van der Waals surface area contributed by atoms with Crippen LogP contribution in [0.5, 0.6) is 0 Å². The Balaban J connectivity index is 0. The molecule has 0 amide bonds. The molecule has 0 saturated heterocycles. The summed E-state index contributed by atoms with van der Waals surface area (Å²) in [5.41, 5.74) is 0. The number of hydrogen-bond acceptors (Lipinski definition) is 2. The molecule has 0 spiro atoms. The van der Waals surface area contributed by atoms with E-state index in [9.17, 15) is 0 Å². The third-order valence-corrected chi connectivity index (χ3v) is 0. The summed E-state index contributed by atoms with van der Waals surface area (Å²) in [5, 5.41) is 0. The molecule has 0 aliphatic heterocycles. The van der Waals surface area contributed by atoms with E-state index in [1.165, 1.54) is 0 Å². The first-order valence-electron chi connectivity index (χ1n) is 0.272. The van der Waals surface area contributed by atoms with Crippen molar-refractivity contribution in [3.63, 3.8) is 0 Å². The first-order chi connectivity index (χ1) is 2.00. The van der Waals surface area contributed by atoms with Gasteiger partial charge < -0.3 is 0 Å². The Morgan fingerprint density at radius 3 is 0.750 bits per heavy atom. The van der Waals surface area contributed by atoms with Gasteiger partial charge in [0.15, 0.2) is 0 Å². The zero-order valence-corrected chi connectivity index (χ0v) is 5.76. The van der Waals surface area contributed by atoms with Crippen LogP contribution in [0.15, 0.2) is 0 Å². The van der Waals surface area contributed by atoms with Crippen molar-refractivity contribution in [3.05, 3.63) is 0 Å². The standard InChI is InChI=1S/2O.2Tb. The molecule has 0 aliphatic carbocycles. The Bertz CT molecular complexity index is 6.00. The van der Waals surface area contributed by atoms with Crippen LogP contribution in [0.1, 0.15) is 0 Å². The van der Waals surface area contributed by atoms with E-state index < -0.39 is 0 Å². The van der Waals surface area contributed by atoms with Crippen molar-refractivity contribution >= 4 is 0 Å². The molecule has 0 aliphatic rings. The second kappa shape index (κ2) is 19.1. The molecule has 0 rings (SSSR count). The predicted molar refractivity (Wildman–Crippen MR) is 1.37 cm³/mol. The van der Waals surface area contributed by atoms with Crippen molar-refractivity contribution in [2.75, 3.05) is 0 Å². The molecule has 4 heteroatoms. The van der Waals surface area contributed by atoms with E-state index >= 15 is 0 Å². The summed E-state index contributed by atoms with van der Waals surface area (Å²) in [6, 6.07) is 0. The van der Waals surface area contributed by atoms with Gasteiger partial charge in [-0.05, 0) is 0 Å². The molecule has 4 heavy (non-hydrogen) atoms. The van der Waals surface area contributed by atoms with Crippen LogP contribution in [0.3, 0.4) is 0 Å². The van der Waals surface area contributed by atoms with Crippen molar-refractivity contribution in [2.24, 2.45) is 0 Å². The molecule has 30 valence electrons. The molecule has 0 unspecified atom stereocenters. The molecule has 0 atom stereocenters. The van der Waals surface area contributed by atoms with Crippen molar-refractivity contribution in [2.45, 2.75) is 0 Å². The molecule has 0 saturated carbocycles. The van der Waals surface area contributed by atoms with Gasteiger partial charge in [0.25, 0.3) is 0 Å². The van der Waals surface area contributed by atoms with Crippen molar-refractivity contribution in [1.29, 1.82) is 0 Å². The predicted octanol–water partition coefficient (Wildman–Crippen LogP) is -0.238. The summed E-state index contributed by atoms with van der Waals surface area (Å²) >= 11 is 1.50. The molecular weight excluding hydrogens is 350 g/mol. The summed E-state index contributed by atoms with van der Waals surface area (Å²) in [6.45, 7) is 0. The van der Waals surface area contributed by atoms with Gasteiger partial charge >= 0.3 is 76.1 Å². The Hall–Kier alpha value is 2.17. The van der Waals surface area contributed by atoms with E-state index in [0.29, 0.717) is 0 Å². The van der Waals surface area contributed by atoms with Gasteiger partial charge in [0.1, 0.15) is 0 Å². The fourth-order valence-electron chi connectivity index (χ4n) is 0. The number of rotatable bonds is 0. The summed E-state index contributed by atoms with van der Waals surface area (Å²) in [6.07, 6.45) is 0. The molecular formula is O2Tb2. The van der Waals surface area contributed by atoms with E-state index in [4.69, 9.17) is 2.65 Å². The Kier molecular flexibility index (Phi) is 45.3. The van der Waals surface area contributed by atoms with E-state index in [1.54, 1.807) is 0 Å². The van der Waals surface area contributed by atoms with Crippen LogP contribution >= 0.6 is 0 Å². The Morgan fingerprint density at radius 1 is 0.750 bits per heavy atom.